The monoisotopic (exact) mass is 432 g/mol. The van der Waals surface area contributed by atoms with Crippen molar-refractivity contribution in [1.29, 1.82) is 0 Å². The number of carbonyl (C=O) groups excluding carboxylic acids is 1. The number of amides is 1. The molecular formula is C24H21FN4OS. The third-order valence-corrected chi connectivity index (χ3v) is 5.55. The van der Waals surface area contributed by atoms with Gasteiger partial charge in [0.15, 0.2) is 11.0 Å². The summed E-state index contributed by atoms with van der Waals surface area (Å²) in [6, 6.07) is 25.5. The van der Waals surface area contributed by atoms with Crippen LogP contribution in [-0.2, 0) is 11.3 Å². The van der Waals surface area contributed by atoms with Crippen molar-refractivity contribution in [3.8, 4) is 5.69 Å². The summed E-state index contributed by atoms with van der Waals surface area (Å²) >= 11 is 1.43. The van der Waals surface area contributed by atoms with Crippen molar-refractivity contribution in [1.82, 2.24) is 20.1 Å². The summed E-state index contributed by atoms with van der Waals surface area (Å²) < 4.78 is 15.2. The lowest BCUT2D eigenvalue weighted by Crippen LogP contribution is -2.30. The first-order chi connectivity index (χ1) is 15.2. The zero-order valence-corrected chi connectivity index (χ0v) is 17.7. The van der Waals surface area contributed by atoms with Crippen LogP contribution in [0, 0.1) is 5.82 Å². The lowest BCUT2D eigenvalue weighted by molar-refractivity contribution is -0.121. The van der Waals surface area contributed by atoms with Crippen molar-refractivity contribution in [2.45, 2.75) is 17.6 Å². The van der Waals surface area contributed by atoms with E-state index in [0.717, 1.165) is 16.8 Å². The second-order valence-corrected chi connectivity index (χ2v) is 7.66. The molecule has 0 unspecified atom stereocenters. The van der Waals surface area contributed by atoms with E-state index in [2.05, 4.69) is 15.5 Å². The number of nitrogens with one attached hydrogen (secondary N) is 1. The van der Waals surface area contributed by atoms with Crippen molar-refractivity contribution in [3.05, 3.63) is 108 Å². The molecule has 0 radical (unpaired) electrons. The van der Waals surface area contributed by atoms with Crippen LogP contribution in [0.3, 0.4) is 0 Å². The molecule has 1 N–H and O–H groups in total. The number of thioether (sulfide) groups is 1. The highest BCUT2D eigenvalue weighted by Gasteiger charge is 2.23. The zero-order valence-electron chi connectivity index (χ0n) is 16.9. The summed E-state index contributed by atoms with van der Waals surface area (Å²) in [5, 5.41) is 12.1. The molecule has 0 aliphatic rings. The molecule has 1 heterocycles. The van der Waals surface area contributed by atoms with Crippen molar-refractivity contribution in [3.63, 3.8) is 0 Å². The zero-order chi connectivity index (χ0) is 21.6. The molecular weight excluding hydrogens is 411 g/mol. The Kier molecular flexibility index (Phi) is 6.43. The fraction of sp³-hybridized carbons (Fsp3) is 0.125. The molecule has 3 aromatic carbocycles. The first-order valence-corrected chi connectivity index (χ1v) is 11.0. The lowest BCUT2D eigenvalue weighted by atomic mass is 9.90. The van der Waals surface area contributed by atoms with Gasteiger partial charge in [0.2, 0.25) is 5.91 Å². The maximum absolute atomic E-state index is 13.4. The average molecular weight is 433 g/mol. The largest absolute Gasteiger partial charge is 0.348 e. The summed E-state index contributed by atoms with van der Waals surface area (Å²) in [6.45, 7) is 0.194. The fourth-order valence-corrected chi connectivity index (χ4v) is 3.97. The molecule has 0 atom stereocenters. The minimum Gasteiger partial charge on any atom is -0.348 e. The van der Waals surface area contributed by atoms with Crippen molar-refractivity contribution >= 4 is 17.7 Å². The van der Waals surface area contributed by atoms with E-state index in [1.54, 1.807) is 12.1 Å². The van der Waals surface area contributed by atoms with E-state index in [0.29, 0.717) is 11.0 Å². The average Bonchev–Trinajstić information content (AvgIpc) is 3.23. The van der Waals surface area contributed by atoms with E-state index in [1.165, 1.54) is 23.9 Å². The predicted molar refractivity (Wildman–Crippen MR) is 120 cm³/mol. The van der Waals surface area contributed by atoms with Crippen molar-refractivity contribution in [2.75, 3.05) is 6.26 Å². The number of rotatable bonds is 7. The molecule has 1 amide bonds. The molecule has 5 nitrogen and oxygen atoms in total. The van der Waals surface area contributed by atoms with E-state index in [-0.39, 0.29) is 18.3 Å². The number of aromatic nitrogens is 3. The summed E-state index contributed by atoms with van der Waals surface area (Å²) in [4.78, 5) is 13.3. The molecule has 0 saturated carbocycles. The Morgan fingerprint density at radius 3 is 2.06 bits per heavy atom. The van der Waals surface area contributed by atoms with Crippen LogP contribution in [0.15, 0.2) is 90.1 Å². The van der Waals surface area contributed by atoms with Crippen LogP contribution in [0.4, 0.5) is 4.39 Å². The molecule has 0 bridgehead atoms. The maximum Gasteiger partial charge on any atom is 0.232 e. The highest BCUT2D eigenvalue weighted by Crippen LogP contribution is 2.25. The Labute approximate surface area is 184 Å². The Bertz CT molecular complexity index is 1110. The van der Waals surface area contributed by atoms with Crippen LogP contribution in [0.5, 0.6) is 0 Å². The van der Waals surface area contributed by atoms with Gasteiger partial charge in [0.1, 0.15) is 5.82 Å². The Balaban J connectivity index is 1.60. The molecule has 31 heavy (non-hydrogen) atoms. The van der Waals surface area contributed by atoms with Crippen LogP contribution in [0.2, 0.25) is 0 Å². The maximum atomic E-state index is 13.4. The number of hydrogen-bond donors (Lipinski definition) is 1. The van der Waals surface area contributed by atoms with E-state index in [1.807, 2.05) is 71.5 Å². The highest BCUT2D eigenvalue weighted by atomic mass is 32.2. The van der Waals surface area contributed by atoms with Gasteiger partial charge < -0.3 is 5.32 Å². The van der Waals surface area contributed by atoms with Crippen LogP contribution in [-0.4, -0.2) is 26.9 Å². The number of hydrogen-bond acceptors (Lipinski definition) is 4. The number of nitrogens with zero attached hydrogens (tertiary/aromatic N) is 3. The van der Waals surface area contributed by atoms with Gasteiger partial charge in [0, 0.05) is 5.69 Å². The van der Waals surface area contributed by atoms with Gasteiger partial charge in [-0.25, -0.2) is 4.39 Å². The van der Waals surface area contributed by atoms with E-state index >= 15 is 0 Å². The van der Waals surface area contributed by atoms with Crippen LogP contribution in [0.1, 0.15) is 22.9 Å². The molecule has 0 aliphatic carbocycles. The Morgan fingerprint density at radius 2 is 1.52 bits per heavy atom. The quantitative estimate of drug-likeness (QED) is 0.435. The number of halogens is 1. The van der Waals surface area contributed by atoms with Gasteiger partial charge in [-0.3, -0.25) is 9.36 Å². The van der Waals surface area contributed by atoms with Gasteiger partial charge in [0.25, 0.3) is 0 Å². The minimum atomic E-state index is -0.440. The van der Waals surface area contributed by atoms with Gasteiger partial charge in [0.05, 0.1) is 12.5 Å². The summed E-state index contributed by atoms with van der Waals surface area (Å²) in [5.74, 6) is -0.309. The molecule has 156 valence electrons. The minimum absolute atomic E-state index is 0.128. The highest BCUT2D eigenvalue weighted by molar-refractivity contribution is 7.98. The number of benzene rings is 3. The van der Waals surface area contributed by atoms with Crippen LogP contribution in [0.25, 0.3) is 5.69 Å². The Morgan fingerprint density at radius 1 is 0.935 bits per heavy atom. The number of carbonyl (C=O) groups is 1. The second-order valence-electron chi connectivity index (χ2n) is 6.89. The molecule has 0 aliphatic heterocycles. The standard InChI is InChI=1S/C24H21FN4OS/c1-31-24-28-27-21(29(24)20-14-12-19(25)13-15-20)16-26-23(30)22(17-8-4-2-5-9-17)18-10-6-3-7-11-18/h2-15,22H,16H2,1H3,(H,26,30). The van der Waals surface area contributed by atoms with E-state index in [4.69, 9.17) is 0 Å². The first kappa shape index (κ1) is 20.8. The topological polar surface area (TPSA) is 59.8 Å². The predicted octanol–water partition coefficient (Wildman–Crippen LogP) is 4.58. The van der Waals surface area contributed by atoms with Crippen molar-refractivity contribution < 1.29 is 9.18 Å². The summed E-state index contributed by atoms with van der Waals surface area (Å²) in [6.07, 6.45) is 1.90. The van der Waals surface area contributed by atoms with E-state index in [9.17, 15) is 9.18 Å². The van der Waals surface area contributed by atoms with Gasteiger partial charge in [-0.2, -0.15) is 0 Å². The van der Waals surface area contributed by atoms with Crippen LogP contribution < -0.4 is 5.32 Å². The molecule has 0 fully saturated rings. The van der Waals surface area contributed by atoms with E-state index < -0.39 is 5.92 Å². The second kappa shape index (κ2) is 9.57. The molecule has 1 aromatic heterocycles. The van der Waals surface area contributed by atoms with Gasteiger partial charge in [-0.05, 0) is 41.6 Å². The van der Waals surface area contributed by atoms with Gasteiger partial charge >= 0.3 is 0 Å². The first-order valence-electron chi connectivity index (χ1n) is 9.79. The SMILES string of the molecule is CSc1nnc(CNC(=O)C(c2ccccc2)c2ccccc2)n1-c1ccc(F)cc1. The molecule has 7 heteroatoms. The Hall–Kier alpha value is -3.45. The lowest BCUT2D eigenvalue weighted by Gasteiger charge is -2.18. The van der Waals surface area contributed by atoms with Crippen molar-refractivity contribution in [2.24, 2.45) is 0 Å². The summed E-state index contributed by atoms with van der Waals surface area (Å²) in [7, 11) is 0. The molecule has 0 spiro atoms. The third kappa shape index (κ3) is 4.67. The normalized spacial score (nSPS) is 10.9. The third-order valence-electron chi connectivity index (χ3n) is 4.92. The van der Waals surface area contributed by atoms with Gasteiger partial charge in [-0.15, -0.1) is 10.2 Å². The molecule has 4 rings (SSSR count). The fourth-order valence-electron chi connectivity index (χ4n) is 3.45. The van der Waals surface area contributed by atoms with Gasteiger partial charge in [-0.1, -0.05) is 72.4 Å². The van der Waals surface area contributed by atoms with Crippen LogP contribution >= 0.6 is 11.8 Å². The molecule has 0 saturated heterocycles. The smallest absolute Gasteiger partial charge is 0.232 e. The molecule has 4 aromatic rings. The summed E-state index contributed by atoms with van der Waals surface area (Å²) in [5.41, 5.74) is 2.56.